The quantitative estimate of drug-likeness (QED) is 0.849. The molecule has 0 bridgehead atoms. The third-order valence-corrected chi connectivity index (χ3v) is 5.15. The van der Waals surface area contributed by atoms with Gasteiger partial charge in [-0.2, -0.15) is 4.31 Å². The van der Waals surface area contributed by atoms with Crippen LogP contribution in [0.1, 0.15) is 26.2 Å². The van der Waals surface area contributed by atoms with Crippen molar-refractivity contribution in [3.8, 4) is 0 Å². The van der Waals surface area contributed by atoms with Gasteiger partial charge in [-0.3, -0.25) is 0 Å². The molecular formula is C13H21N3O3S. The highest BCUT2D eigenvalue weighted by Crippen LogP contribution is 2.20. The number of anilines is 1. The van der Waals surface area contributed by atoms with Gasteiger partial charge in [0, 0.05) is 25.8 Å². The molecule has 0 aliphatic carbocycles. The van der Waals surface area contributed by atoms with Crippen molar-refractivity contribution in [2.75, 3.05) is 25.0 Å². The number of aliphatic hydroxyl groups is 1. The summed E-state index contributed by atoms with van der Waals surface area (Å²) in [6, 6.07) is 3.18. The van der Waals surface area contributed by atoms with Crippen LogP contribution in [-0.2, 0) is 10.0 Å². The van der Waals surface area contributed by atoms with Gasteiger partial charge in [-0.05, 0) is 31.9 Å². The van der Waals surface area contributed by atoms with Crippen molar-refractivity contribution in [3.63, 3.8) is 0 Å². The lowest BCUT2D eigenvalue weighted by Crippen LogP contribution is -2.35. The van der Waals surface area contributed by atoms with E-state index in [9.17, 15) is 13.5 Å². The highest BCUT2D eigenvalue weighted by Gasteiger charge is 2.25. The summed E-state index contributed by atoms with van der Waals surface area (Å²) < 4.78 is 26.3. The first-order chi connectivity index (χ1) is 9.50. The zero-order valence-electron chi connectivity index (χ0n) is 11.6. The number of aliphatic hydroxyl groups excluding tert-OH is 1. The lowest BCUT2D eigenvalue weighted by atomic mass is 10.2. The second kappa shape index (κ2) is 6.51. The van der Waals surface area contributed by atoms with E-state index in [1.807, 2.05) is 0 Å². The number of hydrogen-bond acceptors (Lipinski definition) is 5. The average Bonchev–Trinajstić information content (AvgIpc) is 2.46. The molecule has 1 fully saturated rings. The Morgan fingerprint density at radius 2 is 2.05 bits per heavy atom. The summed E-state index contributed by atoms with van der Waals surface area (Å²) in [5.74, 6) is 0.559. The van der Waals surface area contributed by atoms with Crippen molar-refractivity contribution in [3.05, 3.63) is 18.3 Å². The fraction of sp³-hybridized carbons (Fsp3) is 0.615. The number of aromatic nitrogens is 1. The van der Waals surface area contributed by atoms with Crippen LogP contribution in [0.25, 0.3) is 0 Å². The van der Waals surface area contributed by atoms with Crippen LogP contribution in [0.4, 0.5) is 5.82 Å². The summed E-state index contributed by atoms with van der Waals surface area (Å²) in [7, 11) is -3.42. The van der Waals surface area contributed by atoms with Crippen molar-refractivity contribution in [2.24, 2.45) is 0 Å². The molecule has 0 saturated carbocycles. The third-order valence-electron chi connectivity index (χ3n) is 3.27. The molecule has 0 aromatic carbocycles. The Balaban J connectivity index is 2.08. The summed E-state index contributed by atoms with van der Waals surface area (Å²) >= 11 is 0. The predicted molar refractivity (Wildman–Crippen MR) is 77.0 cm³/mol. The van der Waals surface area contributed by atoms with Crippen LogP contribution in [0, 0.1) is 0 Å². The summed E-state index contributed by atoms with van der Waals surface area (Å²) in [5.41, 5.74) is 0. The first-order valence-corrected chi connectivity index (χ1v) is 8.32. The van der Waals surface area contributed by atoms with E-state index in [4.69, 9.17) is 0 Å². The van der Waals surface area contributed by atoms with Gasteiger partial charge in [-0.25, -0.2) is 13.4 Å². The number of sulfonamides is 1. The van der Waals surface area contributed by atoms with Gasteiger partial charge in [0.25, 0.3) is 0 Å². The molecule has 0 amide bonds. The molecule has 1 aromatic heterocycles. The average molecular weight is 299 g/mol. The Kier molecular flexibility index (Phi) is 4.95. The van der Waals surface area contributed by atoms with Gasteiger partial charge in [0.2, 0.25) is 10.0 Å². The second-order valence-corrected chi connectivity index (χ2v) is 7.01. The lowest BCUT2D eigenvalue weighted by Gasteiger charge is -2.25. The van der Waals surface area contributed by atoms with Gasteiger partial charge < -0.3 is 10.4 Å². The number of rotatable bonds is 5. The molecule has 1 aromatic rings. The number of hydrogen-bond donors (Lipinski definition) is 2. The minimum atomic E-state index is -3.42. The molecule has 0 unspecified atom stereocenters. The molecular weight excluding hydrogens is 278 g/mol. The van der Waals surface area contributed by atoms with Crippen LogP contribution in [0.2, 0.25) is 0 Å². The molecule has 1 aliphatic rings. The molecule has 7 heteroatoms. The number of piperidine rings is 1. The molecule has 0 radical (unpaired) electrons. The lowest BCUT2D eigenvalue weighted by molar-refractivity contribution is 0.208. The van der Waals surface area contributed by atoms with Gasteiger partial charge in [-0.1, -0.05) is 6.42 Å². The van der Waals surface area contributed by atoms with E-state index in [1.54, 1.807) is 19.1 Å². The Morgan fingerprint density at radius 3 is 2.60 bits per heavy atom. The molecule has 112 valence electrons. The highest BCUT2D eigenvalue weighted by molar-refractivity contribution is 7.89. The highest BCUT2D eigenvalue weighted by atomic mass is 32.2. The summed E-state index contributed by atoms with van der Waals surface area (Å²) in [4.78, 5) is 4.31. The molecule has 2 heterocycles. The van der Waals surface area contributed by atoms with Crippen LogP contribution < -0.4 is 5.32 Å². The van der Waals surface area contributed by atoms with E-state index in [1.165, 1.54) is 10.5 Å². The summed E-state index contributed by atoms with van der Waals surface area (Å²) in [6.45, 7) is 3.22. The molecule has 1 atom stereocenters. The van der Waals surface area contributed by atoms with Crippen molar-refractivity contribution in [1.29, 1.82) is 0 Å². The van der Waals surface area contributed by atoms with E-state index in [0.717, 1.165) is 19.3 Å². The predicted octanol–water partition coefficient (Wildman–Crippen LogP) is 1.05. The standard InChI is InChI=1S/C13H21N3O3S/c1-11(17)9-14-13-6-5-12(10-15-13)20(18,19)16-7-3-2-4-8-16/h5-6,10-11,17H,2-4,7-9H2,1H3,(H,14,15)/t11-/m1/s1. The van der Waals surface area contributed by atoms with Crippen molar-refractivity contribution < 1.29 is 13.5 Å². The smallest absolute Gasteiger partial charge is 0.244 e. The number of nitrogens with one attached hydrogen (secondary N) is 1. The SMILES string of the molecule is C[C@@H](O)CNc1ccc(S(=O)(=O)N2CCCCC2)cn1. The maximum Gasteiger partial charge on any atom is 0.244 e. The van der Waals surface area contributed by atoms with Gasteiger partial charge in [0.05, 0.1) is 6.10 Å². The molecule has 6 nitrogen and oxygen atoms in total. The molecule has 2 rings (SSSR count). The van der Waals surface area contributed by atoms with Gasteiger partial charge in [0.15, 0.2) is 0 Å². The van der Waals surface area contributed by atoms with Crippen LogP contribution in [-0.4, -0.2) is 48.6 Å². The topological polar surface area (TPSA) is 82.5 Å². The fourth-order valence-electron chi connectivity index (χ4n) is 2.14. The van der Waals surface area contributed by atoms with Crippen molar-refractivity contribution in [2.45, 2.75) is 37.2 Å². The van der Waals surface area contributed by atoms with E-state index < -0.39 is 16.1 Å². The third kappa shape index (κ3) is 3.68. The summed E-state index contributed by atoms with van der Waals surface area (Å²) in [6.07, 6.45) is 3.82. The van der Waals surface area contributed by atoms with E-state index >= 15 is 0 Å². The Hall–Kier alpha value is -1.18. The van der Waals surface area contributed by atoms with Crippen LogP contribution in [0.3, 0.4) is 0 Å². The molecule has 1 saturated heterocycles. The van der Waals surface area contributed by atoms with E-state index in [-0.39, 0.29) is 4.90 Å². The van der Waals surface area contributed by atoms with E-state index in [2.05, 4.69) is 10.3 Å². The maximum absolute atomic E-state index is 12.4. The summed E-state index contributed by atoms with van der Waals surface area (Å²) in [5, 5.41) is 12.1. The minimum Gasteiger partial charge on any atom is -0.392 e. The van der Waals surface area contributed by atoms with Crippen LogP contribution in [0.15, 0.2) is 23.2 Å². The first-order valence-electron chi connectivity index (χ1n) is 6.88. The largest absolute Gasteiger partial charge is 0.392 e. The van der Waals surface area contributed by atoms with Crippen molar-refractivity contribution >= 4 is 15.8 Å². The Bertz CT molecular complexity index is 522. The Labute approximate surface area is 119 Å². The first kappa shape index (κ1) is 15.2. The molecule has 0 spiro atoms. The second-order valence-electron chi connectivity index (χ2n) is 5.07. The Morgan fingerprint density at radius 1 is 1.35 bits per heavy atom. The molecule has 20 heavy (non-hydrogen) atoms. The minimum absolute atomic E-state index is 0.224. The van der Waals surface area contributed by atoms with Gasteiger partial charge >= 0.3 is 0 Å². The zero-order chi connectivity index (χ0) is 14.6. The monoisotopic (exact) mass is 299 g/mol. The maximum atomic E-state index is 12.4. The zero-order valence-corrected chi connectivity index (χ0v) is 12.4. The van der Waals surface area contributed by atoms with Crippen molar-refractivity contribution in [1.82, 2.24) is 9.29 Å². The normalized spacial score (nSPS) is 18.7. The van der Waals surface area contributed by atoms with Gasteiger partial charge in [-0.15, -0.1) is 0 Å². The number of pyridine rings is 1. The van der Waals surface area contributed by atoms with Crippen LogP contribution in [0.5, 0.6) is 0 Å². The molecule has 2 N–H and O–H groups in total. The number of nitrogens with zero attached hydrogens (tertiary/aromatic N) is 2. The fourth-order valence-corrected chi connectivity index (χ4v) is 3.61. The molecule has 1 aliphatic heterocycles. The van der Waals surface area contributed by atoms with E-state index in [0.29, 0.717) is 25.5 Å². The van der Waals surface area contributed by atoms with Gasteiger partial charge in [0.1, 0.15) is 10.7 Å². The van der Waals surface area contributed by atoms with Crippen LogP contribution >= 0.6 is 0 Å².